The Bertz CT molecular complexity index is 1410. The van der Waals surface area contributed by atoms with Gasteiger partial charge in [-0.15, -0.1) is 0 Å². The van der Waals surface area contributed by atoms with Crippen molar-refractivity contribution in [3.8, 4) is 5.69 Å². The van der Waals surface area contributed by atoms with E-state index >= 15 is 0 Å². The van der Waals surface area contributed by atoms with Gasteiger partial charge in [-0.1, -0.05) is 13.0 Å². The number of aliphatic imine (C=N–C) groups is 1. The van der Waals surface area contributed by atoms with Crippen LogP contribution >= 0.6 is 0 Å². The van der Waals surface area contributed by atoms with Crippen LogP contribution in [0.2, 0.25) is 0 Å². The molecule has 0 bridgehead atoms. The largest absolute Gasteiger partial charge is 0.349 e. The molecule has 2 heterocycles. The van der Waals surface area contributed by atoms with Crippen LogP contribution in [0.5, 0.6) is 0 Å². The lowest BCUT2D eigenvalue weighted by Crippen LogP contribution is -2.25. The summed E-state index contributed by atoms with van der Waals surface area (Å²) in [7, 11) is 0. The van der Waals surface area contributed by atoms with Gasteiger partial charge in [-0.25, -0.2) is 4.98 Å². The number of carbonyl (C=O) groups excluding carboxylic acids is 2. The zero-order valence-corrected chi connectivity index (χ0v) is 18.9. The number of carbonyl (C=O) groups is 2. The van der Waals surface area contributed by atoms with Gasteiger partial charge < -0.3 is 10.6 Å². The zero-order chi connectivity index (χ0) is 23.3. The number of fused-ring (bicyclic) bond motifs is 2. The lowest BCUT2D eigenvalue weighted by molar-refractivity contribution is -0.112. The number of benzene rings is 2. The minimum Gasteiger partial charge on any atom is -0.349 e. The second-order valence-electron chi connectivity index (χ2n) is 9.54. The van der Waals surface area contributed by atoms with Gasteiger partial charge in [0, 0.05) is 45.9 Å². The topological polar surface area (TPSA) is 88.4 Å². The van der Waals surface area contributed by atoms with Gasteiger partial charge in [0.1, 0.15) is 6.33 Å². The minimum absolute atomic E-state index is 0.0226. The van der Waals surface area contributed by atoms with Crippen molar-refractivity contribution in [2.45, 2.75) is 38.6 Å². The average Bonchev–Trinajstić information content (AvgIpc) is 3.42. The van der Waals surface area contributed by atoms with E-state index in [4.69, 9.17) is 0 Å². The summed E-state index contributed by atoms with van der Waals surface area (Å²) in [6.45, 7) is 2.18. The number of amides is 2. The first-order chi connectivity index (χ1) is 16.5. The summed E-state index contributed by atoms with van der Waals surface area (Å²) in [5.41, 5.74) is 5.60. The van der Waals surface area contributed by atoms with Crippen LogP contribution < -0.4 is 10.6 Å². The van der Waals surface area contributed by atoms with Crippen molar-refractivity contribution in [3.05, 3.63) is 77.8 Å². The monoisotopic (exact) mass is 451 g/mol. The zero-order valence-electron chi connectivity index (χ0n) is 18.9. The number of aromatic nitrogens is 2. The van der Waals surface area contributed by atoms with E-state index in [1.54, 1.807) is 6.33 Å². The summed E-state index contributed by atoms with van der Waals surface area (Å²) in [6, 6.07) is 13.5. The first-order valence-corrected chi connectivity index (χ1v) is 11.6. The van der Waals surface area contributed by atoms with Crippen molar-refractivity contribution in [1.82, 2.24) is 14.9 Å². The Morgan fingerprint density at radius 1 is 1.06 bits per heavy atom. The average molecular weight is 452 g/mol. The highest BCUT2D eigenvalue weighted by atomic mass is 16.2. The second kappa shape index (κ2) is 7.80. The molecule has 2 N–H and O–H groups in total. The quantitative estimate of drug-likeness (QED) is 0.596. The number of hydrogen-bond acceptors (Lipinski definition) is 4. The van der Waals surface area contributed by atoms with E-state index in [1.807, 2.05) is 65.4 Å². The van der Waals surface area contributed by atoms with E-state index < -0.39 is 0 Å². The standard InChI is InChI=1S/C27H25N5O2/c1-27-11-10-18(14-24(27)28-13-12-27)26(34)31-20-6-9-23-22(15-20)29-16-32(23)21-7-2-17(3-8-21)25(33)30-19-4-5-19/h2-3,6-10,13-16,19H,4-5,11-12H2,1H3,(H,30,33)(H,31,34). The van der Waals surface area contributed by atoms with E-state index in [0.29, 0.717) is 22.9 Å². The Morgan fingerprint density at radius 3 is 2.68 bits per heavy atom. The molecule has 0 spiro atoms. The summed E-state index contributed by atoms with van der Waals surface area (Å²) in [5.74, 6) is -0.173. The fourth-order valence-electron chi connectivity index (χ4n) is 4.47. The molecule has 1 fully saturated rings. The molecule has 2 amide bonds. The molecule has 1 unspecified atom stereocenters. The molecule has 0 radical (unpaired) electrons. The van der Waals surface area contributed by atoms with Crippen molar-refractivity contribution in [2.24, 2.45) is 10.4 Å². The molecule has 2 aliphatic carbocycles. The number of nitrogens with zero attached hydrogens (tertiary/aromatic N) is 3. The molecule has 1 aliphatic heterocycles. The molecular weight excluding hydrogens is 426 g/mol. The molecule has 170 valence electrons. The van der Waals surface area contributed by atoms with Gasteiger partial charge in [-0.2, -0.15) is 0 Å². The second-order valence-corrected chi connectivity index (χ2v) is 9.54. The Labute approximate surface area is 197 Å². The molecule has 7 heteroatoms. The van der Waals surface area contributed by atoms with Gasteiger partial charge in [0.05, 0.1) is 11.0 Å². The summed E-state index contributed by atoms with van der Waals surface area (Å²) in [5, 5.41) is 5.99. The lowest BCUT2D eigenvalue weighted by atomic mass is 9.78. The summed E-state index contributed by atoms with van der Waals surface area (Å²) < 4.78 is 1.97. The van der Waals surface area contributed by atoms with E-state index in [-0.39, 0.29) is 17.2 Å². The molecule has 6 rings (SSSR count). The van der Waals surface area contributed by atoms with Gasteiger partial charge in [0.15, 0.2) is 0 Å². The van der Waals surface area contributed by atoms with Gasteiger partial charge >= 0.3 is 0 Å². The molecule has 1 aromatic heterocycles. The SMILES string of the molecule is CC12CC=NC1=CC(C(=O)Nc1ccc3c(c1)ncn3-c1ccc(C(=O)NC3CC3)cc1)=CC2. The van der Waals surface area contributed by atoms with Crippen molar-refractivity contribution < 1.29 is 9.59 Å². The maximum Gasteiger partial charge on any atom is 0.255 e. The maximum absolute atomic E-state index is 12.8. The van der Waals surface area contributed by atoms with Crippen LogP contribution in [-0.2, 0) is 4.79 Å². The van der Waals surface area contributed by atoms with E-state index in [1.165, 1.54) is 0 Å². The Kier molecular flexibility index (Phi) is 4.72. The third kappa shape index (κ3) is 3.73. The predicted octanol–water partition coefficient (Wildman–Crippen LogP) is 4.55. The van der Waals surface area contributed by atoms with Gasteiger partial charge in [0.2, 0.25) is 0 Å². The van der Waals surface area contributed by atoms with Crippen LogP contribution in [0, 0.1) is 5.41 Å². The maximum atomic E-state index is 12.8. The first kappa shape index (κ1) is 20.6. The van der Waals surface area contributed by atoms with Crippen LogP contribution in [0.1, 0.15) is 43.0 Å². The molecule has 1 atom stereocenters. The highest BCUT2D eigenvalue weighted by Crippen LogP contribution is 2.42. The minimum atomic E-state index is -0.143. The Morgan fingerprint density at radius 2 is 1.88 bits per heavy atom. The molecule has 34 heavy (non-hydrogen) atoms. The van der Waals surface area contributed by atoms with Crippen molar-refractivity contribution in [3.63, 3.8) is 0 Å². The number of imidazole rings is 1. The number of rotatable bonds is 5. The third-order valence-corrected chi connectivity index (χ3v) is 6.84. The van der Waals surface area contributed by atoms with Crippen LogP contribution in [0.4, 0.5) is 5.69 Å². The highest BCUT2D eigenvalue weighted by Gasteiger charge is 2.34. The van der Waals surface area contributed by atoms with Gasteiger partial charge in [0.25, 0.3) is 11.8 Å². The van der Waals surface area contributed by atoms with E-state index in [0.717, 1.165) is 48.1 Å². The Balaban J connectivity index is 1.19. The fourth-order valence-corrected chi connectivity index (χ4v) is 4.47. The number of allylic oxidation sites excluding steroid dienone is 2. The van der Waals surface area contributed by atoms with E-state index in [9.17, 15) is 9.59 Å². The molecule has 0 saturated heterocycles. The van der Waals surface area contributed by atoms with Crippen LogP contribution in [0.3, 0.4) is 0 Å². The van der Waals surface area contributed by atoms with Crippen LogP contribution in [0.25, 0.3) is 16.7 Å². The molecule has 3 aliphatic rings. The van der Waals surface area contributed by atoms with Gasteiger partial charge in [-0.3, -0.25) is 19.1 Å². The summed E-state index contributed by atoms with van der Waals surface area (Å²) in [6.07, 6.45) is 11.4. The Hall–Kier alpha value is -4.00. The normalized spacial score (nSPS) is 21.1. The number of hydrogen-bond donors (Lipinski definition) is 2. The molecule has 2 aromatic carbocycles. The molecule has 3 aromatic rings. The lowest BCUT2D eigenvalue weighted by Gasteiger charge is -2.26. The summed E-state index contributed by atoms with van der Waals surface area (Å²) >= 11 is 0. The van der Waals surface area contributed by atoms with Crippen molar-refractivity contribution in [2.75, 3.05) is 5.32 Å². The van der Waals surface area contributed by atoms with Crippen LogP contribution in [0.15, 0.2) is 77.2 Å². The van der Waals surface area contributed by atoms with E-state index in [2.05, 4.69) is 27.5 Å². The molecule has 7 nitrogen and oxygen atoms in total. The predicted molar refractivity (Wildman–Crippen MR) is 132 cm³/mol. The third-order valence-electron chi connectivity index (χ3n) is 6.84. The summed E-state index contributed by atoms with van der Waals surface area (Å²) in [4.78, 5) is 34.1. The number of anilines is 1. The molecular formula is C27H25N5O2. The number of nitrogens with one attached hydrogen (secondary N) is 2. The van der Waals surface area contributed by atoms with Crippen molar-refractivity contribution in [1.29, 1.82) is 0 Å². The van der Waals surface area contributed by atoms with Crippen LogP contribution in [-0.4, -0.2) is 33.6 Å². The van der Waals surface area contributed by atoms with Gasteiger partial charge in [-0.05, 0) is 74.2 Å². The smallest absolute Gasteiger partial charge is 0.255 e. The fraction of sp³-hybridized carbons (Fsp3) is 0.259. The van der Waals surface area contributed by atoms with Crippen molar-refractivity contribution >= 4 is 34.7 Å². The highest BCUT2D eigenvalue weighted by molar-refractivity contribution is 6.06. The molecule has 1 saturated carbocycles. The first-order valence-electron chi connectivity index (χ1n) is 11.6.